The number of unbranched alkanes of at least 4 members (excludes halogenated alkanes) is 1. The monoisotopic (exact) mass is 308 g/mol. The Labute approximate surface area is 123 Å². The van der Waals surface area contributed by atoms with Gasteiger partial charge < -0.3 is 13.3 Å². The van der Waals surface area contributed by atoms with Gasteiger partial charge in [0.25, 0.3) is 0 Å². The molecule has 0 saturated heterocycles. The van der Waals surface area contributed by atoms with Crippen molar-refractivity contribution in [3.63, 3.8) is 0 Å². The first-order valence-corrected chi connectivity index (χ1v) is 8.91. The summed E-state index contributed by atoms with van der Waals surface area (Å²) in [7, 11) is -2.91. The molecule has 0 atom stereocenters. The van der Waals surface area contributed by atoms with Gasteiger partial charge in [0.2, 0.25) is 0 Å². The van der Waals surface area contributed by atoms with Crippen molar-refractivity contribution in [3.05, 3.63) is 0 Å². The first-order valence-electron chi connectivity index (χ1n) is 6.29. The van der Waals surface area contributed by atoms with Crippen LogP contribution in [0.25, 0.3) is 0 Å². The third kappa shape index (κ3) is 5.15. The molecule has 106 valence electrons. The lowest BCUT2D eigenvalue weighted by Crippen LogP contribution is -2.60. The molecule has 0 aliphatic rings. The van der Waals surface area contributed by atoms with E-state index in [0.717, 1.165) is 6.42 Å². The zero-order chi connectivity index (χ0) is 14.1. The summed E-state index contributed by atoms with van der Waals surface area (Å²) in [5.74, 6) is 2.61. The average molecular weight is 309 g/mol. The van der Waals surface area contributed by atoms with Crippen LogP contribution in [0.15, 0.2) is 0 Å². The Morgan fingerprint density at radius 2 is 1.50 bits per heavy atom. The van der Waals surface area contributed by atoms with Gasteiger partial charge in [-0.25, -0.2) is 0 Å². The van der Waals surface area contributed by atoms with Crippen molar-refractivity contribution in [1.82, 2.24) is 0 Å². The van der Waals surface area contributed by atoms with Crippen LogP contribution in [0.5, 0.6) is 0 Å². The predicted molar refractivity (Wildman–Crippen MR) is 84.0 cm³/mol. The fourth-order valence-electron chi connectivity index (χ4n) is 1.63. The van der Waals surface area contributed by atoms with Crippen LogP contribution in [0.4, 0.5) is 0 Å². The van der Waals surface area contributed by atoms with Crippen LogP contribution < -0.4 is 0 Å². The van der Waals surface area contributed by atoms with Gasteiger partial charge in [-0.3, -0.25) is 0 Å². The Balaban J connectivity index is 4.92. The molecule has 0 fully saturated rings. The fraction of sp³-hybridized carbons (Fsp3) is 0.833. The summed E-state index contributed by atoms with van der Waals surface area (Å²) < 4.78 is 16.7. The van der Waals surface area contributed by atoms with Gasteiger partial charge in [0, 0.05) is 26.2 Å². The first-order chi connectivity index (χ1) is 8.49. The topological polar surface area (TPSA) is 27.7 Å². The molecule has 0 bridgehead atoms. The van der Waals surface area contributed by atoms with E-state index in [1.807, 2.05) is 20.8 Å². The van der Waals surface area contributed by atoms with E-state index < -0.39 is 12.5 Å². The van der Waals surface area contributed by atoms with Crippen LogP contribution in [-0.2, 0) is 13.3 Å². The summed E-state index contributed by atoms with van der Waals surface area (Å²) in [5, 5.41) is 0. The van der Waals surface area contributed by atoms with E-state index in [1.165, 1.54) is 0 Å². The molecule has 0 aliphatic carbocycles. The Kier molecular flexibility index (Phi) is 9.47. The van der Waals surface area contributed by atoms with Crippen LogP contribution in [0, 0.1) is 12.3 Å². The van der Waals surface area contributed by atoms with Gasteiger partial charge in [-0.2, -0.15) is 25.3 Å². The minimum atomic E-state index is -2.91. The SMILES string of the molecule is C#CCCCC(S)(S)[Si](OCC)(OCC)OCC. The van der Waals surface area contributed by atoms with Crippen LogP contribution in [0.3, 0.4) is 0 Å². The van der Waals surface area contributed by atoms with Crippen LogP contribution in [0.1, 0.15) is 40.0 Å². The molecule has 0 rings (SSSR count). The highest BCUT2D eigenvalue weighted by Gasteiger charge is 2.57. The van der Waals surface area contributed by atoms with Crippen LogP contribution in [0.2, 0.25) is 0 Å². The molecule has 0 aromatic carbocycles. The van der Waals surface area contributed by atoms with Gasteiger partial charge in [-0.05, 0) is 33.6 Å². The molecule has 0 aromatic rings. The lowest BCUT2D eigenvalue weighted by Gasteiger charge is -2.39. The van der Waals surface area contributed by atoms with Crippen molar-refractivity contribution in [2.24, 2.45) is 0 Å². The van der Waals surface area contributed by atoms with Crippen molar-refractivity contribution in [3.8, 4) is 12.3 Å². The summed E-state index contributed by atoms with van der Waals surface area (Å²) in [6.07, 6.45) is 7.47. The van der Waals surface area contributed by atoms with Gasteiger partial charge in [0.05, 0.1) is 0 Å². The summed E-state index contributed by atoms with van der Waals surface area (Å²) in [5.41, 5.74) is 0. The zero-order valence-electron chi connectivity index (χ0n) is 11.4. The van der Waals surface area contributed by atoms with E-state index in [-0.39, 0.29) is 0 Å². The molecular weight excluding hydrogens is 284 g/mol. The number of rotatable bonds is 10. The molecule has 0 N–H and O–H groups in total. The third-order valence-corrected chi connectivity index (χ3v) is 7.67. The summed E-state index contributed by atoms with van der Waals surface area (Å²) in [6.45, 7) is 7.30. The summed E-state index contributed by atoms with van der Waals surface area (Å²) >= 11 is 9.25. The van der Waals surface area contributed by atoms with Crippen molar-refractivity contribution in [2.45, 2.75) is 43.7 Å². The Morgan fingerprint density at radius 3 is 1.83 bits per heavy atom. The van der Waals surface area contributed by atoms with E-state index in [0.29, 0.717) is 32.7 Å². The number of hydrogen-bond donors (Lipinski definition) is 2. The molecule has 0 saturated carbocycles. The van der Waals surface area contributed by atoms with E-state index in [1.54, 1.807) is 0 Å². The molecule has 0 radical (unpaired) electrons. The van der Waals surface area contributed by atoms with Crippen molar-refractivity contribution in [1.29, 1.82) is 0 Å². The minimum Gasteiger partial charge on any atom is -0.372 e. The Hall–Kier alpha value is 0.357. The molecule has 0 unspecified atom stereocenters. The molecule has 0 aromatic heterocycles. The number of thiol groups is 2. The average Bonchev–Trinajstić information content (AvgIpc) is 2.30. The highest BCUT2D eigenvalue weighted by atomic mass is 32.2. The van der Waals surface area contributed by atoms with Crippen LogP contribution in [-0.4, -0.2) is 32.3 Å². The van der Waals surface area contributed by atoms with E-state index in [2.05, 4.69) is 31.2 Å². The second kappa shape index (κ2) is 9.29. The number of hydrogen-bond acceptors (Lipinski definition) is 5. The third-order valence-electron chi connectivity index (χ3n) is 2.34. The lowest BCUT2D eigenvalue weighted by molar-refractivity contribution is 0.0660. The number of terminal acetylenes is 1. The maximum atomic E-state index is 5.80. The van der Waals surface area contributed by atoms with Gasteiger partial charge in [-0.1, -0.05) is 0 Å². The normalized spacial score (nSPS) is 12.4. The molecular formula is C12H24O3S2Si. The lowest BCUT2D eigenvalue weighted by atomic mass is 10.2. The maximum absolute atomic E-state index is 5.80. The fourth-order valence-corrected chi connectivity index (χ4v) is 5.68. The molecule has 18 heavy (non-hydrogen) atoms. The summed E-state index contributed by atoms with van der Waals surface area (Å²) in [4.78, 5) is 0. The molecule has 0 heterocycles. The van der Waals surface area contributed by atoms with Gasteiger partial charge in [-0.15, -0.1) is 12.3 Å². The molecule has 6 heteroatoms. The highest BCUT2D eigenvalue weighted by molar-refractivity contribution is 8.03. The first kappa shape index (κ1) is 18.4. The largest absolute Gasteiger partial charge is 0.527 e. The zero-order valence-corrected chi connectivity index (χ0v) is 14.2. The smallest absolute Gasteiger partial charge is 0.372 e. The molecule has 3 nitrogen and oxygen atoms in total. The molecule has 0 amide bonds. The van der Waals surface area contributed by atoms with Crippen molar-refractivity contribution in [2.75, 3.05) is 19.8 Å². The van der Waals surface area contributed by atoms with Gasteiger partial charge in [0.1, 0.15) is 3.70 Å². The maximum Gasteiger partial charge on any atom is 0.527 e. The Bertz CT molecular complexity index is 250. The van der Waals surface area contributed by atoms with E-state index >= 15 is 0 Å². The van der Waals surface area contributed by atoms with Crippen molar-refractivity contribution >= 4 is 34.1 Å². The quantitative estimate of drug-likeness (QED) is 0.214. The van der Waals surface area contributed by atoms with E-state index in [9.17, 15) is 0 Å². The summed E-state index contributed by atoms with van der Waals surface area (Å²) in [6, 6.07) is 0. The molecule has 0 aliphatic heterocycles. The van der Waals surface area contributed by atoms with E-state index in [4.69, 9.17) is 19.7 Å². The van der Waals surface area contributed by atoms with Gasteiger partial charge >= 0.3 is 8.80 Å². The second-order valence-electron chi connectivity index (χ2n) is 3.73. The predicted octanol–water partition coefficient (Wildman–Crippen LogP) is 2.93. The van der Waals surface area contributed by atoms with Crippen molar-refractivity contribution < 1.29 is 13.3 Å². The minimum absolute atomic E-state index is 0.518. The second-order valence-corrected chi connectivity index (χ2v) is 9.28. The van der Waals surface area contributed by atoms with Gasteiger partial charge in [0.15, 0.2) is 0 Å². The van der Waals surface area contributed by atoms with Crippen LogP contribution >= 0.6 is 25.3 Å². The Morgan fingerprint density at radius 1 is 1.06 bits per heavy atom. The standard InChI is InChI=1S/C12H24O3S2Si/c1-5-9-10-11-12(16,17)18(13-6-2,14-7-3)15-8-4/h1,16-17H,6-11H2,2-4H3. The molecule has 0 spiro atoms. The highest BCUT2D eigenvalue weighted by Crippen LogP contribution is 2.38.